The molecular formula is C6H13O4P. The molecule has 0 aromatic heterocycles. The average molecular weight is 180 g/mol. The van der Waals surface area contributed by atoms with Crippen molar-refractivity contribution >= 4 is 8.25 Å². The first-order valence-electron chi connectivity index (χ1n) is 3.77. The topological polar surface area (TPSA) is 66.8 Å². The Labute approximate surface area is 66.1 Å². The number of aliphatic hydroxyl groups is 1. The maximum atomic E-state index is 10.3. The Hall–Kier alpha value is 0.110. The molecule has 2 N–H and O–H groups in total. The van der Waals surface area contributed by atoms with Crippen molar-refractivity contribution in [3.05, 3.63) is 0 Å². The standard InChI is InChI=1S/C6H13O4P/c7-6(10-11(8)9)4-2-1-3-5-6/h7,11H,1-5H2,(H,8,9). The molecule has 0 aromatic carbocycles. The van der Waals surface area contributed by atoms with Crippen LogP contribution in [-0.4, -0.2) is 15.8 Å². The molecule has 4 nitrogen and oxygen atoms in total. The van der Waals surface area contributed by atoms with Gasteiger partial charge in [0.1, 0.15) is 0 Å². The Kier molecular flexibility index (Phi) is 3.07. The fourth-order valence-electron chi connectivity index (χ4n) is 1.37. The molecule has 0 bridgehead atoms. The molecular weight excluding hydrogens is 167 g/mol. The molecule has 1 fully saturated rings. The van der Waals surface area contributed by atoms with Crippen LogP contribution in [0, 0.1) is 0 Å². The van der Waals surface area contributed by atoms with E-state index in [0.29, 0.717) is 12.8 Å². The molecule has 1 atom stereocenters. The van der Waals surface area contributed by atoms with Crippen molar-refractivity contribution in [1.29, 1.82) is 0 Å². The van der Waals surface area contributed by atoms with Crippen molar-refractivity contribution in [2.24, 2.45) is 0 Å². The van der Waals surface area contributed by atoms with Gasteiger partial charge in [-0.25, -0.2) is 0 Å². The van der Waals surface area contributed by atoms with Gasteiger partial charge in [-0.1, -0.05) is 6.42 Å². The maximum Gasteiger partial charge on any atom is 0.319 e. The molecule has 1 aliphatic carbocycles. The summed E-state index contributed by atoms with van der Waals surface area (Å²) in [6.45, 7) is 0. The van der Waals surface area contributed by atoms with E-state index in [4.69, 9.17) is 4.89 Å². The van der Waals surface area contributed by atoms with Crippen molar-refractivity contribution in [1.82, 2.24) is 0 Å². The van der Waals surface area contributed by atoms with Gasteiger partial charge >= 0.3 is 8.25 Å². The van der Waals surface area contributed by atoms with Gasteiger partial charge in [-0.3, -0.25) is 9.09 Å². The highest BCUT2D eigenvalue weighted by atomic mass is 31.1. The van der Waals surface area contributed by atoms with E-state index < -0.39 is 14.0 Å². The minimum atomic E-state index is -2.99. The highest BCUT2D eigenvalue weighted by Crippen LogP contribution is 2.35. The molecule has 0 aliphatic heterocycles. The highest BCUT2D eigenvalue weighted by molar-refractivity contribution is 7.32. The van der Waals surface area contributed by atoms with E-state index in [0.717, 1.165) is 19.3 Å². The van der Waals surface area contributed by atoms with Crippen LogP contribution in [0.3, 0.4) is 0 Å². The molecule has 0 amide bonds. The van der Waals surface area contributed by atoms with E-state index in [1.807, 2.05) is 0 Å². The zero-order valence-corrected chi connectivity index (χ0v) is 7.25. The van der Waals surface area contributed by atoms with Crippen molar-refractivity contribution in [2.45, 2.75) is 37.9 Å². The van der Waals surface area contributed by atoms with Gasteiger partial charge in [-0.05, 0) is 12.8 Å². The monoisotopic (exact) mass is 180 g/mol. The van der Waals surface area contributed by atoms with E-state index in [9.17, 15) is 9.67 Å². The molecule has 1 unspecified atom stereocenters. The van der Waals surface area contributed by atoms with Crippen molar-refractivity contribution < 1.29 is 19.1 Å². The van der Waals surface area contributed by atoms with E-state index in [1.54, 1.807) is 0 Å². The Morgan fingerprint density at radius 3 is 2.27 bits per heavy atom. The molecule has 0 saturated heterocycles. The molecule has 0 spiro atoms. The van der Waals surface area contributed by atoms with E-state index in [-0.39, 0.29) is 0 Å². The quantitative estimate of drug-likeness (QED) is 0.492. The molecule has 1 rings (SSSR count). The molecule has 5 heteroatoms. The second kappa shape index (κ2) is 3.68. The third-order valence-electron chi connectivity index (χ3n) is 1.91. The Balaban J connectivity index is 2.43. The summed E-state index contributed by atoms with van der Waals surface area (Å²) in [4.78, 5) is 8.43. The van der Waals surface area contributed by atoms with Crippen LogP contribution in [0.4, 0.5) is 0 Å². The Bertz CT molecular complexity index is 153. The lowest BCUT2D eigenvalue weighted by molar-refractivity contribution is -0.159. The van der Waals surface area contributed by atoms with E-state index in [1.165, 1.54) is 0 Å². The van der Waals surface area contributed by atoms with Crippen molar-refractivity contribution in [3.63, 3.8) is 0 Å². The number of hydrogen-bond donors (Lipinski definition) is 2. The molecule has 0 heterocycles. The minimum Gasteiger partial charge on any atom is -0.365 e. The first kappa shape index (κ1) is 9.20. The Morgan fingerprint density at radius 1 is 1.27 bits per heavy atom. The van der Waals surface area contributed by atoms with Gasteiger partial charge in [0.05, 0.1) is 0 Å². The van der Waals surface area contributed by atoms with Crippen LogP contribution in [-0.2, 0) is 9.09 Å². The largest absolute Gasteiger partial charge is 0.365 e. The van der Waals surface area contributed by atoms with Crippen LogP contribution in [0.1, 0.15) is 32.1 Å². The second-order valence-electron chi connectivity index (χ2n) is 2.87. The van der Waals surface area contributed by atoms with Crippen LogP contribution >= 0.6 is 8.25 Å². The molecule has 66 valence electrons. The summed E-state index contributed by atoms with van der Waals surface area (Å²) in [6, 6.07) is 0. The first-order chi connectivity index (χ1) is 5.12. The lowest BCUT2D eigenvalue weighted by atomic mass is 9.95. The van der Waals surface area contributed by atoms with Gasteiger partial charge in [0.2, 0.25) is 0 Å². The molecule has 1 saturated carbocycles. The zero-order chi connectivity index (χ0) is 8.32. The molecule has 1 aliphatic rings. The molecule has 0 aromatic rings. The lowest BCUT2D eigenvalue weighted by Gasteiger charge is -2.30. The smallest absolute Gasteiger partial charge is 0.319 e. The first-order valence-corrected chi connectivity index (χ1v) is 5.03. The summed E-state index contributed by atoms with van der Waals surface area (Å²) in [5.41, 5.74) is 0. The SMILES string of the molecule is O=[PH](O)OC1(O)CCCCC1. The van der Waals surface area contributed by atoms with Crippen LogP contribution in [0.2, 0.25) is 0 Å². The summed E-state index contributed by atoms with van der Waals surface area (Å²) in [7, 11) is -2.99. The molecule has 0 radical (unpaired) electrons. The average Bonchev–Trinajstić information content (AvgIpc) is 1.85. The summed E-state index contributed by atoms with van der Waals surface area (Å²) in [6.07, 6.45) is 3.75. The van der Waals surface area contributed by atoms with Crippen molar-refractivity contribution in [2.75, 3.05) is 0 Å². The maximum absolute atomic E-state index is 10.3. The van der Waals surface area contributed by atoms with E-state index in [2.05, 4.69) is 4.52 Å². The van der Waals surface area contributed by atoms with Gasteiger partial charge < -0.3 is 10.00 Å². The minimum absolute atomic E-state index is 0.476. The van der Waals surface area contributed by atoms with Gasteiger partial charge in [0.25, 0.3) is 0 Å². The lowest BCUT2D eigenvalue weighted by Crippen LogP contribution is -2.32. The fraction of sp³-hybridized carbons (Fsp3) is 1.00. The van der Waals surface area contributed by atoms with Gasteiger partial charge in [0.15, 0.2) is 5.79 Å². The van der Waals surface area contributed by atoms with Crippen LogP contribution < -0.4 is 0 Å². The summed E-state index contributed by atoms with van der Waals surface area (Å²) >= 11 is 0. The summed E-state index contributed by atoms with van der Waals surface area (Å²) in [5.74, 6) is -1.32. The van der Waals surface area contributed by atoms with Crippen LogP contribution in [0.5, 0.6) is 0 Å². The number of hydrogen-bond acceptors (Lipinski definition) is 3. The predicted molar refractivity (Wildman–Crippen MR) is 40.3 cm³/mol. The highest BCUT2D eigenvalue weighted by Gasteiger charge is 2.31. The van der Waals surface area contributed by atoms with Gasteiger partial charge in [-0.15, -0.1) is 0 Å². The molecule has 11 heavy (non-hydrogen) atoms. The van der Waals surface area contributed by atoms with E-state index >= 15 is 0 Å². The van der Waals surface area contributed by atoms with Crippen LogP contribution in [0.15, 0.2) is 0 Å². The fourth-order valence-corrected chi connectivity index (χ4v) is 1.90. The predicted octanol–water partition coefficient (Wildman–Crippen LogP) is 1.04. The second-order valence-corrected chi connectivity index (χ2v) is 3.61. The zero-order valence-electron chi connectivity index (χ0n) is 6.25. The third kappa shape index (κ3) is 2.91. The van der Waals surface area contributed by atoms with Crippen molar-refractivity contribution in [3.8, 4) is 0 Å². The summed E-state index contributed by atoms with van der Waals surface area (Å²) < 4.78 is 14.8. The third-order valence-corrected chi connectivity index (χ3v) is 2.47. The number of rotatable bonds is 2. The Morgan fingerprint density at radius 2 is 1.82 bits per heavy atom. The van der Waals surface area contributed by atoms with Gasteiger partial charge in [0, 0.05) is 12.8 Å². The van der Waals surface area contributed by atoms with Crippen LogP contribution in [0.25, 0.3) is 0 Å². The van der Waals surface area contributed by atoms with Gasteiger partial charge in [-0.2, -0.15) is 0 Å². The normalized spacial score (nSPS) is 26.4. The summed E-state index contributed by atoms with van der Waals surface area (Å²) in [5, 5.41) is 9.48.